The third-order valence-corrected chi connectivity index (χ3v) is 15.9. The van der Waals surface area contributed by atoms with Crippen molar-refractivity contribution in [2.75, 3.05) is 66.0 Å². The van der Waals surface area contributed by atoms with Crippen LogP contribution in [0.3, 0.4) is 0 Å². The molecule has 332 valence electrons. The molecule has 2 N–H and O–H groups in total. The standard InChI is InChI=1S/C48H58F2N4O8/c1-9-28-12-13-35-32(21-28)31-14-18-53-25-29(20-30(26-53)44(4,49)50)24-47(38(31)51-35,42(56)60-7)34-22-33-36(23-37(34)59-6)52(5)40-46(33)16-19-54-17-11-15-45(10-2,39(46)54)41(62-27(3)55)48(40,58)43(57)61-8/h9,11-13,15,21-23,29-30,39-41,51,58H,1,10,14,16-20,24-26H2,2-8H3/t29-,30+,39-,40+,41+,45+,46+,47-,48-/m0/s1. The van der Waals surface area contributed by atoms with Gasteiger partial charge in [0.15, 0.2) is 6.10 Å². The first-order chi connectivity index (χ1) is 29.5. The Morgan fingerprint density at radius 1 is 1.05 bits per heavy atom. The van der Waals surface area contributed by atoms with Gasteiger partial charge in [-0.2, -0.15) is 0 Å². The molecule has 1 unspecified atom stereocenters. The van der Waals surface area contributed by atoms with Crippen LogP contribution < -0.4 is 9.64 Å². The van der Waals surface area contributed by atoms with Gasteiger partial charge < -0.3 is 38.8 Å². The Bertz CT molecular complexity index is 2390. The van der Waals surface area contributed by atoms with Crippen LogP contribution >= 0.6 is 0 Å². The number of aromatic nitrogens is 1. The summed E-state index contributed by atoms with van der Waals surface area (Å²) in [6, 6.07) is 8.51. The first-order valence-corrected chi connectivity index (χ1v) is 21.8. The zero-order valence-corrected chi connectivity index (χ0v) is 36.7. The van der Waals surface area contributed by atoms with Crippen LogP contribution in [0.25, 0.3) is 17.0 Å². The monoisotopic (exact) mass is 856 g/mol. The lowest BCUT2D eigenvalue weighted by molar-refractivity contribution is -0.228. The van der Waals surface area contributed by atoms with Crippen molar-refractivity contribution in [3.63, 3.8) is 0 Å². The van der Waals surface area contributed by atoms with Crippen LogP contribution in [0.4, 0.5) is 14.5 Å². The quantitative estimate of drug-likeness (QED) is 0.163. The summed E-state index contributed by atoms with van der Waals surface area (Å²) in [6.07, 6.45) is 6.22. The van der Waals surface area contributed by atoms with Crippen molar-refractivity contribution in [3.8, 4) is 5.75 Å². The van der Waals surface area contributed by atoms with Gasteiger partial charge in [0.2, 0.25) is 11.5 Å². The van der Waals surface area contributed by atoms with Crippen LogP contribution in [0.2, 0.25) is 0 Å². The Balaban J connectivity index is 1.37. The number of rotatable bonds is 8. The van der Waals surface area contributed by atoms with Crippen molar-refractivity contribution in [2.45, 2.75) is 93.4 Å². The molecule has 5 aliphatic heterocycles. The molecule has 6 aliphatic rings. The Kier molecular flexibility index (Phi) is 10.0. The molecule has 6 heterocycles. The van der Waals surface area contributed by atoms with Gasteiger partial charge in [-0.25, -0.2) is 13.6 Å². The van der Waals surface area contributed by atoms with Gasteiger partial charge in [0.05, 0.1) is 27.4 Å². The van der Waals surface area contributed by atoms with Gasteiger partial charge in [-0.15, -0.1) is 0 Å². The topological polar surface area (TPSA) is 134 Å². The number of fused-ring (bicyclic) bond motifs is 6. The van der Waals surface area contributed by atoms with Crippen LogP contribution in [-0.2, 0) is 45.8 Å². The Morgan fingerprint density at radius 3 is 2.47 bits per heavy atom. The number of methoxy groups -OCH3 is 3. The van der Waals surface area contributed by atoms with E-state index in [2.05, 4.69) is 21.4 Å². The van der Waals surface area contributed by atoms with Crippen molar-refractivity contribution in [2.24, 2.45) is 17.3 Å². The number of H-pyrrole nitrogens is 1. The summed E-state index contributed by atoms with van der Waals surface area (Å²) in [5.41, 5.74) is -0.810. The number of carbonyl (C=O) groups excluding carboxylic acids is 3. The van der Waals surface area contributed by atoms with Crippen molar-refractivity contribution >= 4 is 40.6 Å². The minimum absolute atomic E-state index is 0.135. The number of anilines is 1. The maximum absolute atomic E-state index is 15.4. The number of piperidine rings is 1. The molecule has 3 fully saturated rings. The molecule has 2 aromatic carbocycles. The Labute approximate surface area is 361 Å². The van der Waals surface area contributed by atoms with Crippen LogP contribution in [0.15, 0.2) is 49.1 Å². The number of nitrogens with zero attached hydrogens (tertiary/aromatic N) is 3. The largest absolute Gasteiger partial charge is 0.496 e. The molecule has 10 atom stereocenters. The molecule has 0 amide bonds. The number of hydrogen-bond acceptors (Lipinski definition) is 11. The fraction of sp³-hybridized carbons (Fsp3) is 0.562. The summed E-state index contributed by atoms with van der Waals surface area (Å²) in [7, 11) is 5.94. The lowest BCUT2D eigenvalue weighted by atomic mass is 9.47. The second-order valence-electron chi connectivity index (χ2n) is 18.8. The summed E-state index contributed by atoms with van der Waals surface area (Å²) < 4.78 is 54.7. The average molecular weight is 857 g/mol. The van der Waals surface area contributed by atoms with Crippen LogP contribution in [0, 0.1) is 17.3 Å². The molecule has 14 heteroatoms. The van der Waals surface area contributed by atoms with Crippen molar-refractivity contribution < 1.29 is 47.2 Å². The number of esters is 3. The minimum Gasteiger partial charge on any atom is -0.496 e. The number of carbonyl (C=O) groups is 3. The summed E-state index contributed by atoms with van der Waals surface area (Å²) >= 11 is 0. The number of aliphatic hydroxyl groups is 1. The van der Waals surface area contributed by atoms with Crippen molar-refractivity contribution in [3.05, 3.63) is 77.0 Å². The Hall–Kier alpha value is -4.79. The highest BCUT2D eigenvalue weighted by Gasteiger charge is 2.80. The van der Waals surface area contributed by atoms with Gasteiger partial charge in [-0.05, 0) is 86.4 Å². The second-order valence-corrected chi connectivity index (χ2v) is 18.8. The van der Waals surface area contributed by atoms with Gasteiger partial charge in [-0.3, -0.25) is 14.5 Å². The summed E-state index contributed by atoms with van der Waals surface area (Å²) in [5, 5.41) is 14.2. The number of ether oxygens (including phenoxy) is 4. The zero-order chi connectivity index (χ0) is 44.3. The van der Waals surface area contributed by atoms with Gasteiger partial charge in [0, 0.05) is 96.9 Å². The van der Waals surface area contributed by atoms with Crippen molar-refractivity contribution in [1.29, 1.82) is 0 Å². The number of alkyl halides is 2. The number of aromatic amines is 1. The van der Waals surface area contributed by atoms with E-state index >= 15 is 13.6 Å². The van der Waals surface area contributed by atoms with Crippen LogP contribution in [0.5, 0.6) is 5.75 Å². The number of nitrogens with one attached hydrogen (secondary N) is 1. The number of hydrogen-bond donors (Lipinski definition) is 2. The highest BCUT2D eigenvalue weighted by molar-refractivity contribution is 5.95. The highest BCUT2D eigenvalue weighted by atomic mass is 19.3. The molecule has 1 aromatic heterocycles. The van der Waals surface area contributed by atoms with E-state index in [1.165, 1.54) is 28.3 Å². The smallest absolute Gasteiger partial charge is 0.344 e. The van der Waals surface area contributed by atoms with Gasteiger partial charge in [0.25, 0.3) is 0 Å². The number of likely N-dealkylation sites (N-methyl/N-ethyl adjacent to an activating group) is 1. The first-order valence-electron chi connectivity index (χ1n) is 21.8. The molecule has 1 saturated carbocycles. The molecule has 3 aromatic rings. The minimum atomic E-state index is -2.95. The normalized spacial score (nSPS) is 34.8. The summed E-state index contributed by atoms with van der Waals surface area (Å²) in [6.45, 7) is 10.7. The number of halogens is 2. The van der Waals surface area contributed by atoms with Gasteiger partial charge in [0.1, 0.15) is 11.2 Å². The maximum Gasteiger partial charge on any atom is 0.344 e. The third kappa shape index (κ3) is 5.60. The van der Waals surface area contributed by atoms with Gasteiger partial charge in [-0.1, -0.05) is 37.8 Å². The Morgan fingerprint density at radius 2 is 1.81 bits per heavy atom. The van der Waals surface area contributed by atoms with Gasteiger partial charge >= 0.3 is 17.9 Å². The first kappa shape index (κ1) is 42.5. The molecular weight excluding hydrogens is 799 g/mol. The van der Waals surface area contributed by atoms with E-state index in [4.69, 9.17) is 18.9 Å². The highest BCUT2D eigenvalue weighted by Crippen LogP contribution is 2.68. The predicted octanol–water partition coefficient (Wildman–Crippen LogP) is 5.76. The fourth-order valence-corrected chi connectivity index (χ4v) is 13.6. The summed E-state index contributed by atoms with van der Waals surface area (Å²) in [5.74, 6) is -5.99. The lowest BCUT2D eigenvalue weighted by Gasteiger charge is -2.63. The lowest BCUT2D eigenvalue weighted by Crippen LogP contribution is -2.81. The molecular formula is C48H58F2N4O8. The third-order valence-electron chi connectivity index (χ3n) is 15.9. The molecule has 0 radical (unpaired) electrons. The van der Waals surface area contributed by atoms with Crippen LogP contribution in [-0.4, -0.2) is 129 Å². The van der Waals surface area contributed by atoms with E-state index in [0.717, 1.165) is 34.5 Å². The van der Waals surface area contributed by atoms with E-state index in [1.54, 1.807) is 6.08 Å². The molecule has 62 heavy (non-hydrogen) atoms. The van der Waals surface area contributed by atoms with E-state index in [0.29, 0.717) is 68.1 Å². The molecule has 1 spiro atoms. The van der Waals surface area contributed by atoms with E-state index in [-0.39, 0.29) is 31.3 Å². The molecule has 12 nitrogen and oxygen atoms in total. The molecule has 2 saturated heterocycles. The second kappa shape index (κ2) is 14.6. The van der Waals surface area contributed by atoms with E-state index in [1.807, 2.05) is 61.4 Å². The zero-order valence-electron chi connectivity index (χ0n) is 36.7. The molecule has 2 bridgehead atoms. The maximum atomic E-state index is 15.4. The fourth-order valence-electron chi connectivity index (χ4n) is 13.6. The average Bonchev–Trinajstić information content (AvgIpc) is 3.91. The number of benzene rings is 2. The van der Waals surface area contributed by atoms with Crippen molar-refractivity contribution in [1.82, 2.24) is 14.8 Å². The predicted molar refractivity (Wildman–Crippen MR) is 229 cm³/mol. The molecule has 1 aliphatic carbocycles. The van der Waals surface area contributed by atoms with E-state index < -0.39 is 63.7 Å². The van der Waals surface area contributed by atoms with Crippen LogP contribution in [0.1, 0.15) is 74.4 Å². The molecule has 9 rings (SSSR count). The summed E-state index contributed by atoms with van der Waals surface area (Å²) in [4.78, 5) is 52.9. The SMILES string of the molecule is C=Cc1ccc2[nH]c3c(c2c1)CCN1C[C@@H](C[C@@H](C(C)(F)F)C1)C[C@]3(C(=O)OC)c1cc2c(cc1OC)N(C)[C@H]1[C@@](O)(C(=O)OC)[C@H](OC(C)=O)[C@]3(CC)C=CCN4CC[C@]21[C@@H]43. The van der Waals surface area contributed by atoms with E-state index in [9.17, 15) is 14.7 Å².